The molecular formula is C18H27N3O3S. The van der Waals surface area contributed by atoms with E-state index in [2.05, 4.69) is 18.7 Å². The van der Waals surface area contributed by atoms with Gasteiger partial charge in [-0.1, -0.05) is 0 Å². The summed E-state index contributed by atoms with van der Waals surface area (Å²) in [5.41, 5.74) is 1.80. The van der Waals surface area contributed by atoms with E-state index in [1.165, 1.54) is 0 Å². The Balaban J connectivity index is 1.83. The Morgan fingerprint density at radius 3 is 2.36 bits per heavy atom. The van der Waals surface area contributed by atoms with Gasteiger partial charge >= 0.3 is 0 Å². The Kier molecular flexibility index (Phi) is 5.18. The molecule has 25 heavy (non-hydrogen) atoms. The first-order valence-electron chi connectivity index (χ1n) is 8.96. The molecule has 1 amide bonds. The van der Waals surface area contributed by atoms with Crippen molar-refractivity contribution >= 4 is 21.6 Å². The van der Waals surface area contributed by atoms with Gasteiger partial charge in [-0.2, -0.15) is 4.31 Å². The summed E-state index contributed by atoms with van der Waals surface area (Å²) in [6.45, 7) is 9.09. The van der Waals surface area contributed by atoms with Gasteiger partial charge in [0.15, 0.2) is 0 Å². The minimum absolute atomic E-state index is 0.00126. The number of piperazine rings is 1. The van der Waals surface area contributed by atoms with Crippen molar-refractivity contribution in [3.8, 4) is 0 Å². The lowest BCUT2D eigenvalue weighted by Gasteiger charge is -2.36. The van der Waals surface area contributed by atoms with E-state index in [1.807, 2.05) is 0 Å². The highest BCUT2D eigenvalue weighted by molar-refractivity contribution is 7.89. The van der Waals surface area contributed by atoms with Crippen LogP contribution >= 0.6 is 0 Å². The minimum atomic E-state index is -3.48. The fourth-order valence-corrected chi connectivity index (χ4v) is 5.14. The van der Waals surface area contributed by atoms with Gasteiger partial charge in [-0.3, -0.25) is 9.69 Å². The first kappa shape index (κ1) is 18.4. The van der Waals surface area contributed by atoms with Gasteiger partial charge in [0, 0.05) is 51.4 Å². The van der Waals surface area contributed by atoms with E-state index in [0.29, 0.717) is 30.6 Å². The third kappa shape index (κ3) is 3.59. The highest BCUT2D eigenvalue weighted by atomic mass is 32.2. The summed E-state index contributed by atoms with van der Waals surface area (Å²) in [4.78, 5) is 16.1. The maximum absolute atomic E-state index is 13.0. The molecule has 6 nitrogen and oxygen atoms in total. The lowest BCUT2D eigenvalue weighted by atomic mass is 10.0. The largest absolute Gasteiger partial charge is 0.312 e. The first-order valence-corrected chi connectivity index (χ1v) is 10.4. The average Bonchev–Trinajstić information content (AvgIpc) is 2.60. The van der Waals surface area contributed by atoms with E-state index in [4.69, 9.17) is 0 Å². The van der Waals surface area contributed by atoms with Crippen LogP contribution in [-0.2, 0) is 21.2 Å². The van der Waals surface area contributed by atoms with Crippen LogP contribution in [0.5, 0.6) is 0 Å². The summed E-state index contributed by atoms with van der Waals surface area (Å²) in [5.74, 6) is 0.00126. The zero-order valence-corrected chi connectivity index (χ0v) is 16.1. The van der Waals surface area contributed by atoms with E-state index in [1.54, 1.807) is 34.3 Å². The summed E-state index contributed by atoms with van der Waals surface area (Å²) in [7, 11) is -3.48. The summed E-state index contributed by atoms with van der Waals surface area (Å²) in [6.07, 6.45) is 1.67. The third-order valence-corrected chi connectivity index (χ3v) is 7.09. The van der Waals surface area contributed by atoms with Crippen molar-refractivity contribution in [3.05, 3.63) is 23.8 Å². The molecular weight excluding hydrogens is 338 g/mol. The van der Waals surface area contributed by atoms with Crippen molar-refractivity contribution in [1.82, 2.24) is 9.21 Å². The Hall–Kier alpha value is -1.44. The van der Waals surface area contributed by atoms with Crippen molar-refractivity contribution < 1.29 is 13.2 Å². The van der Waals surface area contributed by atoms with Gasteiger partial charge in [-0.25, -0.2) is 8.42 Å². The normalized spacial score (nSPS) is 19.9. The van der Waals surface area contributed by atoms with E-state index in [-0.39, 0.29) is 5.91 Å². The van der Waals surface area contributed by atoms with Crippen molar-refractivity contribution in [1.29, 1.82) is 0 Å². The van der Waals surface area contributed by atoms with Gasteiger partial charge in [0.25, 0.3) is 0 Å². The molecule has 3 rings (SSSR count). The summed E-state index contributed by atoms with van der Waals surface area (Å²) < 4.78 is 27.6. The third-order valence-electron chi connectivity index (χ3n) is 5.19. The Labute approximate surface area is 150 Å². The number of nitrogens with zero attached hydrogens (tertiary/aromatic N) is 3. The number of amides is 1. The van der Waals surface area contributed by atoms with Gasteiger partial charge in [-0.05, 0) is 50.5 Å². The molecule has 2 heterocycles. The second kappa shape index (κ2) is 7.05. The van der Waals surface area contributed by atoms with Crippen LogP contribution in [0.3, 0.4) is 0 Å². The van der Waals surface area contributed by atoms with Crippen LogP contribution in [0, 0.1) is 0 Å². The van der Waals surface area contributed by atoms with Crippen molar-refractivity contribution in [3.63, 3.8) is 0 Å². The van der Waals surface area contributed by atoms with E-state index in [9.17, 15) is 13.2 Å². The molecule has 1 fully saturated rings. The van der Waals surface area contributed by atoms with Gasteiger partial charge in [0.05, 0.1) is 4.90 Å². The predicted molar refractivity (Wildman–Crippen MR) is 98.3 cm³/mol. The van der Waals surface area contributed by atoms with Crippen LogP contribution < -0.4 is 4.90 Å². The van der Waals surface area contributed by atoms with E-state index < -0.39 is 10.0 Å². The molecule has 138 valence electrons. The molecule has 0 unspecified atom stereocenters. The molecule has 0 atom stereocenters. The molecule has 0 aliphatic carbocycles. The molecule has 1 aromatic carbocycles. The standard InChI is InChI=1S/C18H27N3O3S/c1-14(2)19-9-11-20(12-10-19)25(23,24)17-6-7-18-16(13-17)5-4-8-21(18)15(3)22/h6-7,13-14H,4-5,8-12H2,1-3H3. The van der Waals surface area contributed by atoms with Crippen LogP contribution in [0.1, 0.15) is 32.8 Å². The van der Waals surface area contributed by atoms with Crippen LogP contribution in [-0.4, -0.2) is 62.3 Å². The number of anilines is 1. The quantitative estimate of drug-likeness (QED) is 0.818. The van der Waals surface area contributed by atoms with Gasteiger partial charge in [0.2, 0.25) is 15.9 Å². The summed E-state index contributed by atoms with van der Waals surface area (Å²) >= 11 is 0. The Morgan fingerprint density at radius 1 is 1.08 bits per heavy atom. The second-order valence-corrected chi connectivity index (χ2v) is 9.04. The number of hydrogen-bond donors (Lipinski definition) is 0. The molecule has 0 spiro atoms. The van der Waals surface area contributed by atoms with Crippen molar-refractivity contribution in [2.75, 3.05) is 37.6 Å². The van der Waals surface area contributed by atoms with Gasteiger partial charge < -0.3 is 4.90 Å². The van der Waals surface area contributed by atoms with Gasteiger partial charge in [-0.15, -0.1) is 0 Å². The van der Waals surface area contributed by atoms with Gasteiger partial charge in [0.1, 0.15) is 0 Å². The fourth-order valence-electron chi connectivity index (χ4n) is 3.67. The van der Waals surface area contributed by atoms with Crippen LogP contribution in [0.15, 0.2) is 23.1 Å². The number of carbonyl (C=O) groups is 1. The molecule has 2 aliphatic rings. The molecule has 2 aliphatic heterocycles. The number of sulfonamides is 1. The molecule has 1 aromatic rings. The van der Waals surface area contributed by atoms with E-state index >= 15 is 0 Å². The summed E-state index contributed by atoms with van der Waals surface area (Å²) in [6, 6.07) is 5.62. The molecule has 0 radical (unpaired) electrons. The lowest BCUT2D eigenvalue weighted by Crippen LogP contribution is -2.50. The van der Waals surface area contributed by atoms with Crippen LogP contribution in [0.2, 0.25) is 0 Å². The van der Waals surface area contributed by atoms with Crippen molar-refractivity contribution in [2.45, 2.75) is 44.6 Å². The highest BCUT2D eigenvalue weighted by Gasteiger charge is 2.30. The number of aryl methyl sites for hydroxylation is 1. The smallest absolute Gasteiger partial charge is 0.243 e. The first-order chi connectivity index (χ1) is 11.8. The molecule has 0 bridgehead atoms. The number of benzene rings is 1. The van der Waals surface area contributed by atoms with E-state index in [0.717, 1.165) is 37.2 Å². The van der Waals surface area contributed by atoms with Crippen LogP contribution in [0.4, 0.5) is 5.69 Å². The zero-order valence-electron chi connectivity index (χ0n) is 15.2. The number of carbonyl (C=O) groups excluding carboxylic acids is 1. The predicted octanol–water partition coefficient (Wildman–Crippen LogP) is 1.70. The number of fused-ring (bicyclic) bond motifs is 1. The minimum Gasteiger partial charge on any atom is -0.312 e. The van der Waals surface area contributed by atoms with Crippen LogP contribution in [0.25, 0.3) is 0 Å². The maximum atomic E-state index is 13.0. The maximum Gasteiger partial charge on any atom is 0.243 e. The zero-order chi connectivity index (χ0) is 18.2. The molecule has 1 saturated heterocycles. The highest BCUT2D eigenvalue weighted by Crippen LogP contribution is 2.30. The second-order valence-electron chi connectivity index (χ2n) is 7.10. The number of rotatable bonds is 3. The lowest BCUT2D eigenvalue weighted by molar-refractivity contribution is -0.116. The molecule has 0 saturated carbocycles. The summed E-state index contributed by atoms with van der Waals surface area (Å²) in [5, 5.41) is 0. The SMILES string of the molecule is CC(=O)N1CCCc2cc(S(=O)(=O)N3CCN(C(C)C)CC3)ccc21. The Morgan fingerprint density at radius 2 is 1.76 bits per heavy atom. The number of hydrogen-bond acceptors (Lipinski definition) is 4. The fraction of sp³-hybridized carbons (Fsp3) is 0.611. The Bertz CT molecular complexity index is 753. The van der Waals surface area contributed by atoms with Crippen molar-refractivity contribution in [2.24, 2.45) is 0 Å². The molecule has 7 heteroatoms. The molecule has 0 N–H and O–H groups in total. The molecule has 0 aromatic heterocycles. The average molecular weight is 365 g/mol. The monoisotopic (exact) mass is 365 g/mol. The topological polar surface area (TPSA) is 60.9 Å².